The van der Waals surface area contributed by atoms with Gasteiger partial charge >= 0.3 is 0 Å². The van der Waals surface area contributed by atoms with Crippen LogP contribution >= 0.6 is 11.3 Å². The van der Waals surface area contributed by atoms with Crippen LogP contribution in [0.15, 0.2) is 11.7 Å². The Hall–Kier alpha value is -0.450. The van der Waals surface area contributed by atoms with Crippen LogP contribution in [-0.2, 0) is 6.54 Å². The molecule has 1 atom stereocenters. The Morgan fingerprint density at radius 3 is 3.42 bits per heavy atom. The number of nitrogens with zero attached hydrogens (tertiary/aromatic N) is 1. The zero-order valence-corrected chi connectivity index (χ0v) is 7.73. The monoisotopic (exact) mass is 183 g/mol. The van der Waals surface area contributed by atoms with Crippen LogP contribution in [0.5, 0.6) is 0 Å². The summed E-state index contributed by atoms with van der Waals surface area (Å²) in [5.41, 5.74) is 1.88. The highest BCUT2D eigenvalue weighted by Gasteiger charge is 2.12. The SMILES string of the molecule is c1ncc(CNC2CCNC2)s1. The highest BCUT2D eigenvalue weighted by Crippen LogP contribution is 2.06. The lowest BCUT2D eigenvalue weighted by atomic mass is 10.2. The van der Waals surface area contributed by atoms with E-state index >= 15 is 0 Å². The zero-order chi connectivity index (χ0) is 8.23. The lowest BCUT2D eigenvalue weighted by Crippen LogP contribution is -2.30. The first kappa shape index (κ1) is 8.16. The average Bonchev–Trinajstić information content (AvgIpc) is 2.74. The Morgan fingerprint density at radius 2 is 2.75 bits per heavy atom. The fourth-order valence-electron chi connectivity index (χ4n) is 1.40. The molecule has 66 valence electrons. The molecule has 0 saturated carbocycles. The second kappa shape index (κ2) is 3.98. The van der Waals surface area contributed by atoms with Crippen LogP contribution in [0.3, 0.4) is 0 Å². The fraction of sp³-hybridized carbons (Fsp3) is 0.625. The largest absolute Gasteiger partial charge is 0.315 e. The highest BCUT2D eigenvalue weighted by atomic mass is 32.1. The van der Waals surface area contributed by atoms with Crippen molar-refractivity contribution in [2.24, 2.45) is 0 Å². The van der Waals surface area contributed by atoms with Crippen molar-refractivity contribution in [3.8, 4) is 0 Å². The van der Waals surface area contributed by atoms with Gasteiger partial charge in [-0.2, -0.15) is 0 Å². The summed E-state index contributed by atoms with van der Waals surface area (Å²) in [6.45, 7) is 3.23. The van der Waals surface area contributed by atoms with Crippen LogP contribution in [-0.4, -0.2) is 24.1 Å². The molecule has 1 saturated heterocycles. The fourth-order valence-corrected chi connectivity index (χ4v) is 1.95. The third-order valence-electron chi connectivity index (χ3n) is 2.11. The van der Waals surface area contributed by atoms with Crippen LogP contribution in [0, 0.1) is 0 Å². The van der Waals surface area contributed by atoms with E-state index in [2.05, 4.69) is 15.6 Å². The minimum atomic E-state index is 0.659. The molecule has 0 bridgehead atoms. The van der Waals surface area contributed by atoms with E-state index in [0.29, 0.717) is 6.04 Å². The van der Waals surface area contributed by atoms with Gasteiger partial charge in [0.2, 0.25) is 0 Å². The number of nitrogens with one attached hydrogen (secondary N) is 2. The molecule has 1 unspecified atom stereocenters. The van der Waals surface area contributed by atoms with Crippen LogP contribution in [0.1, 0.15) is 11.3 Å². The van der Waals surface area contributed by atoms with Crippen LogP contribution in [0.25, 0.3) is 0 Å². The first-order valence-corrected chi connectivity index (χ1v) is 5.14. The minimum Gasteiger partial charge on any atom is -0.315 e. The Bertz CT molecular complexity index is 216. The van der Waals surface area contributed by atoms with E-state index in [1.54, 1.807) is 11.3 Å². The predicted molar refractivity (Wildman–Crippen MR) is 50.2 cm³/mol. The van der Waals surface area contributed by atoms with Gasteiger partial charge in [0.05, 0.1) is 5.51 Å². The van der Waals surface area contributed by atoms with Crippen molar-refractivity contribution >= 4 is 11.3 Å². The first-order valence-electron chi connectivity index (χ1n) is 4.26. The molecule has 1 aromatic rings. The number of hydrogen-bond acceptors (Lipinski definition) is 4. The smallest absolute Gasteiger partial charge is 0.0794 e. The normalized spacial score (nSPS) is 23.2. The third-order valence-corrected chi connectivity index (χ3v) is 2.89. The van der Waals surface area contributed by atoms with Crippen molar-refractivity contribution in [3.05, 3.63) is 16.6 Å². The van der Waals surface area contributed by atoms with Gasteiger partial charge < -0.3 is 10.6 Å². The Morgan fingerprint density at radius 1 is 1.75 bits per heavy atom. The zero-order valence-electron chi connectivity index (χ0n) is 6.92. The number of aromatic nitrogens is 1. The maximum atomic E-state index is 4.03. The van der Waals surface area contributed by atoms with E-state index in [4.69, 9.17) is 0 Å². The van der Waals surface area contributed by atoms with E-state index < -0.39 is 0 Å². The van der Waals surface area contributed by atoms with Gasteiger partial charge in [0.1, 0.15) is 0 Å². The summed E-state index contributed by atoms with van der Waals surface area (Å²) in [5, 5.41) is 6.82. The molecule has 2 heterocycles. The van der Waals surface area contributed by atoms with E-state index in [-0.39, 0.29) is 0 Å². The molecular weight excluding hydrogens is 170 g/mol. The summed E-state index contributed by atoms with van der Waals surface area (Å²) in [7, 11) is 0. The lowest BCUT2D eigenvalue weighted by molar-refractivity contribution is 0.550. The van der Waals surface area contributed by atoms with Crippen molar-refractivity contribution in [1.82, 2.24) is 15.6 Å². The third kappa shape index (κ3) is 2.03. The van der Waals surface area contributed by atoms with Gasteiger partial charge in [0.15, 0.2) is 0 Å². The maximum Gasteiger partial charge on any atom is 0.0794 e. The molecule has 0 aliphatic carbocycles. The predicted octanol–water partition coefficient (Wildman–Crippen LogP) is 0.595. The maximum absolute atomic E-state index is 4.03. The molecule has 0 amide bonds. The molecule has 1 aliphatic rings. The molecule has 1 fully saturated rings. The van der Waals surface area contributed by atoms with Crippen LogP contribution in [0.4, 0.5) is 0 Å². The molecule has 0 spiro atoms. The van der Waals surface area contributed by atoms with Gasteiger partial charge in [-0.15, -0.1) is 11.3 Å². The van der Waals surface area contributed by atoms with Gasteiger partial charge in [-0.25, -0.2) is 0 Å². The van der Waals surface area contributed by atoms with Crippen LogP contribution < -0.4 is 10.6 Å². The van der Waals surface area contributed by atoms with Crippen molar-refractivity contribution in [3.63, 3.8) is 0 Å². The molecule has 4 heteroatoms. The topological polar surface area (TPSA) is 37.0 Å². The van der Waals surface area contributed by atoms with Crippen molar-refractivity contribution in [2.45, 2.75) is 19.0 Å². The van der Waals surface area contributed by atoms with Gasteiger partial charge in [0, 0.05) is 30.2 Å². The van der Waals surface area contributed by atoms with Crippen molar-refractivity contribution in [2.75, 3.05) is 13.1 Å². The second-order valence-electron chi connectivity index (χ2n) is 3.04. The number of hydrogen-bond donors (Lipinski definition) is 2. The number of rotatable bonds is 3. The molecule has 1 aromatic heterocycles. The molecule has 1 aliphatic heterocycles. The minimum absolute atomic E-state index is 0.659. The highest BCUT2D eigenvalue weighted by molar-refractivity contribution is 7.09. The molecular formula is C8H13N3S. The molecule has 3 nitrogen and oxygen atoms in total. The van der Waals surface area contributed by atoms with Crippen molar-refractivity contribution < 1.29 is 0 Å². The number of thiazole rings is 1. The van der Waals surface area contributed by atoms with E-state index in [1.807, 2.05) is 11.7 Å². The molecule has 0 aromatic carbocycles. The van der Waals surface area contributed by atoms with Gasteiger partial charge in [-0.05, 0) is 13.0 Å². The van der Waals surface area contributed by atoms with Crippen molar-refractivity contribution in [1.29, 1.82) is 0 Å². The second-order valence-corrected chi connectivity index (χ2v) is 4.01. The van der Waals surface area contributed by atoms with E-state index in [1.165, 1.54) is 11.3 Å². The summed E-state index contributed by atoms with van der Waals surface area (Å²) < 4.78 is 0. The summed E-state index contributed by atoms with van der Waals surface area (Å²) in [6, 6.07) is 0.659. The van der Waals surface area contributed by atoms with Gasteiger partial charge in [-0.1, -0.05) is 0 Å². The van der Waals surface area contributed by atoms with Gasteiger partial charge in [0.25, 0.3) is 0 Å². The molecule has 0 radical (unpaired) electrons. The van der Waals surface area contributed by atoms with Gasteiger partial charge in [-0.3, -0.25) is 4.98 Å². The molecule has 12 heavy (non-hydrogen) atoms. The van der Waals surface area contributed by atoms with E-state index in [0.717, 1.165) is 19.6 Å². The summed E-state index contributed by atoms with van der Waals surface area (Å²) in [4.78, 5) is 5.35. The molecule has 2 rings (SSSR count). The summed E-state index contributed by atoms with van der Waals surface area (Å²) in [6.07, 6.45) is 3.18. The Kier molecular flexibility index (Phi) is 2.71. The summed E-state index contributed by atoms with van der Waals surface area (Å²) in [5.74, 6) is 0. The Balaban J connectivity index is 1.74. The van der Waals surface area contributed by atoms with E-state index in [9.17, 15) is 0 Å². The average molecular weight is 183 g/mol. The lowest BCUT2D eigenvalue weighted by Gasteiger charge is -2.08. The quantitative estimate of drug-likeness (QED) is 0.720. The Labute approximate surface area is 76.2 Å². The molecule has 2 N–H and O–H groups in total. The standard InChI is InChI=1S/C8H13N3S/c1-2-9-3-7(1)11-5-8-4-10-6-12-8/h4,6-7,9,11H,1-3,5H2. The van der Waals surface area contributed by atoms with Crippen LogP contribution in [0.2, 0.25) is 0 Å². The first-order chi connectivity index (χ1) is 5.95. The summed E-state index contributed by atoms with van der Waals surface area (Å²) >= 11 is 1.71.